The molecule has 1 aromatic rings. The molecule has 0 aliphatic carbocycles. The van der Waals surface area contributed by atoms with E-state index in [1.54, 1.807) is 13.3 Å². The Labute approximate surface area is 98.0 Å². The Morgan fingerprint density at radius 2 is 2.25 bits per heavy atom. The van der Waals surface area contributed by atoms with Gasteiger partial charge in [0.15, 0.2) is 5.75 Å². The van der Waals surface area contributed by atoms with E-state index in [1.807, 2.05) is 18.8 Å². The van der Waals surface area contributed by atoms with Crippen LogP contribution < -0.4 is 10.1 Å². The standard InChI is InChI=1S/C12H23N3O/c1-6-9(2)7-10(13-3)12-11(16-5)8-14-15(12)4/h8-10,13H,6-7H2,1-5H3. The fourth-order valence-electron chi connectivity index (χ4n) is 1.92. The van der Waals surface area contributed by atoms with Crippen LogP contribution >= 0.6 is 0 Å². The van der Waals surface area contributed by atoms with Crippen LogP contribution in [0.2, 0.25) is 0 Å². The van der Waals surface area contributed by atoms with Gasteiger partial charge in [-0.05, 0) is 19.4 Å². The van der Waals surface area contributed by atoms with Crippen molar-refractivity contribution in [3.05, 3.63) is 11.9 Å². The maximum Gasteiger partial charge on any atom is 0.161 e. The second-order valence-corrected chi connectivity index (χ2v) is 4.31. The molecule has 2 unspecified atom stereocenters. The lowest BCUT2D eigenvalue weighted by molar-refractivity contribution is 0.370. The molecule has 0 aliphatic heterocycles. The van der Waals surface area contributed by atoms with Gasteiger partial charge in [0, 0.05) is 7.05 Å². The molecule has 0 amide bonds. The molecule has 1 aromatic heterocycles. The molecule has 2 atom stereocenters. The zero-order valence-corrected chi connectivity index (χ0v) is 10.9. The molecule has 0 aliphatic rings. The van der Waals surface area contributed by atoms with E-state index in [2.05, 4.69) is 24.3 Å². The predicted molar refractivity (Wildman–Crippen MR) is 65.6 cm³/mol. The van der Waals surface area contributed by atoms with Crippen molar-refractivity contribution in [3.8, 4) is 5.75 Å². The summed E-state index contributed by atoms with van der Waals surface area (Å²) in [7, 11) is 5.63. The number of rotatable bonds is 6. The summed E-state index contributed by atoms with van der Waals surface area (Å²) in [5.74, 6) is 1.56. The molecule has 0 radical (unpaired) electrons. The third kappa shape index (κ3) is 2.76. The molecule has 1 rings (SSSR count). The second-order valence-electron chi connectivity index (χ2n) is 4.31. The van der Waals surface area contributed by atoms with Gasteiger partial charge in [0.05, 0.1) is 25.0 Å². The van der Waals surface area contributed by atoms with Crippen LogP contribution in [0.15, 0.2) is 6.20 Å². The normalized spacial score (nSPS) is 14.8. The van der Waals surface area contributed by atoms with E-state index >= 15 is 0 Å². The van der Waals surface area contributed by atoms with Crippen molar-refractivity contribution in [1.82, 2.24) is 15.1 Å². The van der Waals surface area contributed by atoms with Crippen molar-refractivity contribution in [2.24, 2.45) is 13.0 Å². The highest BCUT2D eigenvalue weighted by Crippen LogP contribution is 2.29. The number of ether oxygens (including phenoxy) is 1. The van der Waals surface area contributed by atoms with Crippen molar-refractivity contribution in [2.75, 3.05) is 14.2 Å². The van der Waals surface area contributed by atoms with Crippen molar-refractivity contribution in [3.63, 3.8) is 0 Å². The van der Waals surface area contributed by atoms with E-state index in [-0.39, 0.29) is 0 Å². The molecule has 0 aromatic carbocycles. The molecule has 4 nitrogen and oxygen atoms in total. The van der Waals surface area contributed by atoms with Crippen LogP contribution in [0.4, 0.5) is 0 Å². The van der Waals surface area contributed by atoms with E-state index in [1.165, 1.54) is 6.42 Å². The average Bonchev–Trinajstić information content (AvgIpc) is 2.67. The van der Waals surface area contributed by atoms with E-state index in [0.29, 0.717) is 12.0 Å². The van der Waals surface area contributed by atoms with Gasteiger partial charge in [-0.1, -0.05) is 20.3 Å². The van der Waals surface area contributed by atoms with Gasteiger partial charge in [-0.2, -0.15) is 5.10 Å². The van der Waals surface area contributed by atoms with Crippen molar-refractivity contribution < 1.29 is 4.74 Å². The van der Waals surface area contributed by atoms with Crippen molar-refractivity contribution >= 4 is 0 Å². The van der Waals surface area contributed by atoms with Gasteiger partial charge >= 0.3 is 0 Å². The van der Waals surface area contributed by atoms with E-state index in [4.69, 9.17) is 4.74 Å². The first-order valence-corrected chi connectivity index (χ1v) is 5.87. The van der Waals surface area contributed by atoms with Crippen LogP contribution in [0.1, 0.15) is 38.4 Å². The Balaban J connectivity index is 2.89. The fraction of sp³-hybridized carbons (Fsp3) is 0.750. The van der Waals surface area contributed by atoms with Crippen LogP contribution in [0, 0.1) is 5.92 Å². The zero-order chi connectivity index (χ0) is 12.1. The first-order chi connectivity index (χ1) is 7.63. The fourth-order valence-corrected chi connectivity index (χ4v) is 1.92. The smallest absolute Gasteiger partial charge is 0.161 e. The Morgan fingerprint density at radius 1 is 1.56 bits per heavy atom. The third-order valence-corrected chi connectivity index (χ3v) is 3.18. The first-order valence-electron chi connectivity index (χ1n) is 5.87. The summed E-state index contributed by atoms with van der Waals surface area (Å²) in [5.41, 5.74) is 1.13. The molecule has 16 heavy (non-hydrogen) atoms. The number of hydrogen-bond donors (Lipinski definition) is 1. The van der Waals surface area contributed by atoms with Gasteiger partial charge in [0.25, 0.3) is 0 Å². The number of hydrogen-bond acceptors (Lipinski definition) is 3. The highest BCUT2D eigenvalue weighted by atomic mass is 16.5. The largest absolute Gasteiger partial charge is 0.493 e. The van der Waals surface area contributed by atoms with Gasteiger partial charge in [-0.15, -0.1) is 0 Å². The maximum atomic E-state index is 5.34. The van der Waals surface area contributed by atoms with Gasteiger partial charge in [0.2, 0.25) is 0 Å². The molecule has 1 N–H and O–H groups in total. The van der Waals surface area contributed by atoms with E-state index in [9.17, 15) is 0 Å². The molecule has 0 bridgehead atoms. The molecular formula is C12H23N3O. The quantitative estimate of drug-likeness (QED) is 0.806. The monoisotopic (exact) mass is 225 g/mol. The van der Waals surface area contributed by atoms with Crippen LogP contribution in [0.5, 0.6) is 5.75 Å². The molecule has 0 saturated heterocycles. The topological polar surface area (TPSA) is 39.1 Å². The molecule has 1 heterocycles. The first kappa shape index (κ1) is 13.0. The lowest BCUT2D eigenvalue weighted by Crippen LogP contribution is -2.22. The summed E-state index contributed by atoms with van der Waals surface area (Å²) in [6.45, 7) is 4.49. The minimum Gasteiger partial charge on any atom is -0.493 e. The Morgan fingerprint density at radius 3 is 2.75 bits per heavy atom. The lowest BCUT2D eigenvalue weighted by atomic mass is 9.97. The molecule has 0 saturated carbocycles. The molecular weight excluding hydrogens is 202 g/mol. The van der Waals surface area contributed by atoms with Crippen LogP contribution in [-0.2, 0) is 7.05 Å². The summed E-state index contributed by atoms with van der Waals surface area (Å²) in [5, 5.41) is 7.59. The summed E-state index contributed by atoms with van der Waals surface area (Å²) >= 11 is 0. The lowest BCUT2D eigenvalue weighted by Gasteiger charge is -2.21. The van der Waals surface area contributed by atoms with Crippen LogP contribution in [0.25, 0.3) is 0 Å². The van der Waals surface area contributed by atoms with Gasteiger partial charge in [-0.25, -0.2) is 0 Å². The molecule has 0 spiro atoms. The SMILES string of the molecule is CCC(C)CC(NC)c1c(OC)cnn1C. The van der Waals surface area contributed by atoms with Crippen LogP contribution in [0.3, 0.4) is 0 Å². The summed E-state index contributed by atoms with van der Waals surface area (Å²) < 4.78 is 7.23. The highest BCUT2D eigenvalue weighted by Gasteiger charge is 2.20. The zero-order valence-electron chi connectivity index (χ0n) is 10.9. The number of nitrogens with zero attached hydrogens (tertiary/aromatic N) is 2. The van der Waals surface area contributed by atoms with Crippen molar-refractivity contribution in [1.29, 1.82) is 0 Å². The second kappa shape index (κ2) is 5.89. The number of methoxy groups -OCH3 is 1. The van der Waals surface area contributed by atoms with Gasteiger partial charge in [-0.3, -0.25) is 4.68 Å². The summed E-state index contributed by atoms with van der Waals surface area (Å²) in [6.07, 6.45) is 4.07. The molecule has 4 heteroatoms. The minimum absolute atomic E-state index is 0.303. The Hall–Kier alpha value is -1.03. The maximum absolute atomic E-state index is 5.34. The Kier molecular flexibility index (Phi) is 4.80. The van der Waals surface area contributed by atoms with Gasteiger partial charge < -0.3 is 10.1 Å². The number of nitrogens with one attached hydrogen (secondary N) is 1. The van der Waals surface area contributed by atoms with Crippen molar-refractivity contribution in [2.45, 2.75) is 32.7 Å². The summed E-state index contributed by atoms with van der Waals surface area (Å²) in [4.78, 5) is 0. The average molecular weight is 225 g/mol. The summed E-state index contributed by atoms with van der Waals surface area (Å²) in [6, 6.07) is 0.303. The minimum atomic E-state index is 0.303. The third-order valence-electron chi connectivity index (χ3n) is 3.18. The molecule has 92 valence electrons. The number of aryl methyl sites for hydroxylation is 1. The number of aromatic nitrogens is 2. The van der Waals surface area contributed by atoms with Gasteiger partial charge in [0.1, 0.15) is 0 Å². The van der Waals surface area contributed by atoms with E-state index < -0.39 is 0 Å². The Bertz CT molecular complexity index is 322. The van der Waals surface area contributed by atoms with E-state index in [0.717, 1.165) is 17.9 Å². The predicted octanol–water partition coefficient (Wildman–Crippen LogP) is 2.13. The van der Waals surface area contributed by atoms with Crippen LogP contribution in [-0.4, -0.2) is 23.9 Å². The highest BCUT2D eigenvalue weighted by molar-refractivity contribution is 5.28. The molecule has 0 fully saturated rings.